The third-order valence-electron chi connectivity index (χ3n) is 2.94. The van der Waals surface area contributed by atoms with Gasteiger partial charge in [-0.15, -0.1) is 0 Å². The van der Waals surface area contributed by atoms with Gasteiger partial charge in [0.15, 0.2) is 0 Å². The maximum Gasteiger partial charge on any atom is 0.390 e. The van der Waals surface area contributed by atoms with Crippen LogP contribution in [0, 0.1) is 17.0 Å². The van der Waals surface area contributed by atoms with Crippen LogP contribution < -0.4 is 5.32 Å². The number of carbonyl (C=O) groups is 1. The van der Waals surface area contributed by atoms with E-state index in [4.69, 9.17) is 0 Å². The molecule has 2 aromatic heterocycles. The van der Waals surface area contributed by atoms with E-state index < -0.39 is 4.92 Å². The Morgan fingerprint density at radius 1 is 1.48 bits per heavy atom. The first-order valence-electron chi connectivity index (χ1n) is 6.40. The number of nitrogens with zero attached hydrogens (tertiary/aromatic N) is 5. The predicted molar refractivity (Wildman–Crippen MR) is 73.3 cm³/mol. The van der Waals surface area contributed by atoms with Gasteiger partial charge in [-0.3, -0.25) is 9.48 Å². The Balaban J connectivity index is 1.82. The van der Waals surface area contributed by atoms with Crippen molar-refractivity contribution in [3.8, 4) is 0 Å². The number of carbonyl (C=O) groups excluding carboxylic acids is 1. The summed E-state index contributed by atoms with van der Waals surface area (Å²) in [5, 5.41) is 21.3. The van der Waals surface area contributed by atoms with Gasteiger partial charge in [0.05, 0.1) is 35.6 Å². The normalized spacial score (nSPS) is 10.6. The van der Waals surface area contributed by atoms with E-state index in [0.29, 0.717) is 18.8 Å². The molecule has 0 unspecified atom stereocenters. The maximum absolute atomic E-state index is 11.7. The van der Waals surface area contributed by atoms with Crippen LogP contribution in [0.2, 0.25) is 0 Å². The molecule has 0 fully saturated rings. The van der Waals surface area contributed by atoms with Crippen LogP contribution in [-0.4, -0.2) is 30.4 Å². The average molecular weight is 292 g/mol. The third-order valence-corrected chi connectivity index (χ3v) is 2.94. The molecule has 0 radical (unpaired) electrons. The topological polar surface area (TPSA) is 108 Å². The molecule has 0 saturated carbocycles. The minimum Gasteiger partial charge on any atom is -0.358 e. The molecule has 1 N–H and O–H groups in total. The van der Waals surface area contributed by atoms with Crippen molar-refractivity contribution in [2.24, 2.45) is 7.05 Å². The zero-order valence-electron chi connectivity index (χ0n) is 11.8. The van der Waals surface area contributed by atoms with Crippen molar-refractivity contribution in [3.63, 3.8) is 0 Å². The fourth-order valence-corrected chi connectivity index (χ4v) is 1.85. The number of hydrogen-bond donors (Lipinski definition) is 1. The van der Waals surface area contributed by atoms with Crippen LogP contribution in [-0.2, 0) is 24.9 Å². The van der Waals surface area contributed by atoms with Crippen LogP contribution in [0.1, 0.15) is 17.8 Å². The largest absolute Gasteiger partial charge is 0.390 e. The van der Waals surface area contributed by atoms with E-state index in [9.17, 15) is 14.9 Å². The number of nitrogens with one attached hydrogen (secondary N) is 1. The van der Waals surface area contributed by atoms with E-state index in [1.54, 1.807) is 24.9 Å². The number of aryl methyl sites for hydroxylation is 3. The Bertz CT molecular complexity index is 660. The summed E-state index contributed by atoms with van der Waals surface area (Å²) in [4.78, 5) is 21.8. The van der Waals surface area contributed by atoms with Gasteiger partial charge in [0, 0.05) is 19.7 Å². The number of nitro groups is 1. The molecule has 9 nitrogen and oxygen atoms in total. The monoisotopic (exact) mass is 292 g/mol. The fraction of sp³-hybridized carbons (Fsp3) is 0.417. The second-order valence-electron chi connectivity index (χ2n) is 4.63. The van der Waals surface area contributed by atoms with E-state index in [1.165, 1.54) is 10.7 Å². The van der Waals surface area contributed by atoms with Crippen molar-refractivity contribution >= 4 is 11.7 Å². The SMILES string of the molecule is Cc1cc([N+](=O)[O-])nn1CCC(=O)NCc1ccn(C)n1. The van der Waals surface area contributed by atoms with Gasteiger partial charge >= 0.3 is 5.82 Å². The number of amides is 1. The minimum atomic E-state index is -0.551. The smallest absolute Gasteiger partial charge is 0.358 e. The third kappa shape index (κ3) is 3.88. The molecular formula is C12H16N6O3. The molecule has 0 aliphatic heterocycles. The van der Waals surface area contributed by atoms with Gasteiger partial charge in [-0.2, -0.15) is 9.78 Å². The fourth-order valence-electron chi connectivity index (χ4n) is 1.85. The first-order valence-corrected chi connectivity index (χ1v) is 6.40. The van der Waals surface area contributed by atoms with Crippen LogP contribution in [0.3, 0.4) is 0 Å². The molecule has 1 amide bonds. The van der Waals surface area contributed by atoms with Gasteiger partial charge in [0.1, 0.15) is 0 Å². The Hall–Kier alpha value is -2.71. The van der Waals surface area contributed by atoms with Crippen molar-refractivity contribution in [1.29, 1.82) is 0 Å². The molecule has 2 aromatic rings. The van der Waals surface area contributed by atoms with E-state index in [1.807, 2.05) is 6.07 Å². The van der Waals surface area contributed by atoms with Crippen molar-refractivity contribution in [2.75, 3.05) is 0 Å². The Labute approximate surface area is 120 Å². The lowest BCUT2D eigenvalue weighted by molar-refractivity contribution is -0.389. The number of aromatic nitrogens is 4. The van der Waals surface area contributed by atoms with Crippen molar-refractivity contribution in [1.82, 2.24) is 24.9 Å². The molecular weight excluding hydrogens is 276 g/mol. The lowest BCUT2D eigenvalue weighted by Gasteiger charge is -2.03. The van der Waals surface area contributed by atoms with Crippen molar-refractivity contribution < 1.29 is 9.72 Å². The van der Waals surface area contributed by atoms with E-state index >= 15 is 0 Å². The molecule has 0 aliphatic carbocycles. The molecule has 2 rings (SSSR count). The lowest BCUT2D eigenvalue weighted by Crippen LogP contribution is -2.24. The van der Waals surface area contributed by atoms with E-state index in [-0.39, 0.29) is 18.1 Å². The van der Waals surface area contributed by atoms with Crippen molar-refractivity contribution in [2.45, 2.75) is 26.4 Å². The molecule has 9 heteroatoms. The molecule has 0 aromatic carbocycles. The van der Waals surface area contributed by atoms with E-state index in [2.05, 4.69) is 15.5 Å². The quantitative estimate of drug-likeness (QED) is 0.617. The van der Waals surface area contributed by atoms with Gasteiger partial charge in [-0.25, -0.2) is 0 Å². The van der Waals surface area contributed by atoms with Gasteiger partial charge in [-0.05, 0) is 17.9 Å². The molecule has 0 spiro atoms. The van der Waals surface area contributed by atoms with Crippen LogP contribution in [0.4, 0.5) is 5.82 Å². The minimum absolute atomic E-state index is 0.154. The zero-order valence-corrected chi connectivity index (χ0v) is 11.8. The molecule has 0 atom stereocenters. The van der Waals surface area contributed by atoms with Gasteiger partial charge in [0.25, 0.3) is 0 Å². The molecule has 0 saturated heterocycles. The molecule has 0 bridgehead atoms. The van der Waals surface area contributed by atoms with Crippen LogP contribution in [0.15, 0.2) is 18.3 Å². The first kappa shape index (κ1) is 14.7. The Morgan fingerprint density at radius 3 is 2.81 bits per heavy atom. The highest BCUT2D eigenvalue weighted by Crippen LogP contribution is 2.11. The van der Waals surface area contributed by atoms with Gasteiger partial charge < -0.3 is 15.4 Å². The zero-order chi connectivity index (χ0) is 15.4. The molecule has 0 aliphatic rings. The summed E-state index contributed by atoms with van der Waals surface area (Å²) in [7, 11) is 1.80. The molecule has 2 heterocycles. The maximum atomic E-state index is 11.7. The molecule has 112 valence electrons. The van der Waals surface area contributed by atoms with Crippen LogP contribution in [0.5, 0.6) is 0 Å². The van der Waals surface area contributed by atoms with Gasteiger partial charge in [0.2, 0.25) is 5.91 Å². The van der Waals surface area contributed by atoms with Crippen molar-refractivity contribution in [3.05, 3.63) is 39.8 Å². The standard InChI is InChI=1S/C12H16N6O3/c1-9-7-11(18(20)21)15-17(9)6-4-12(19)13-8-10-3-5-16(2)14-10/h3,5,7H,4,6,8H2,1-2H3,(H,13,19). The number of rotatable bonds is 6. The summed E-state index contributed by atoms with van der Waals surface area (Å²) in [5.74, 6) is -0.361. The average Bonchev–Trinajstić information content (AvgIpc) is 3.00. The van der Waals surface area contributed by atoms with Gasteiger partial charge in [-0.1, -0.05) is 0 Å². The second-order valence-corrected chi connectivity index (χ2v) is 4.63. The second kappa shape index (κ2) is 6.16. The Morgan fingerprint density at radius 2 is 2.24 bits per heavy atom. The lowest BCUT2D eigenvalue weighted by atomic mass is 10.3. The highest BCUT2D eigenvalue weighted by molar-refractivity contribution is 5.75. The van der Waals surface area contributed by atoms with Crippen LogP contribution >= 0.6 is 0 Å². The summed E-state index contributed by atoms with van der Waals surface area (Å²) in [6.07, 6.45) is 2.00. The summed E-state index contributed by atoms with van der Waals surface area (Å²) < 4.78 is 3.12. The summed E-state index contributed by atoms with van der Waals surface area (Å²) in [6, 6.07) is 3.20. The van der Waals surface area contributed by atoms with E-state index in [0.717, 1.165) is 5.69 Å². The first-order chi connectivity index (χ1) is 9.95. The Kier molecular flexibility index (Phi) is 4.31. The summed E-state index contributed by atoms with van der Waals surface area (Å²) in [5.41, 5.74) is 1.43. The predicted octanol–water partition coefficient (Wildman–Crippen LogP) is 0.540. The highest BCUT2D eigenvalue weighted by Gasteiger charge is 2.15. The molecule has 21 heavy (non-hydrogen) atoms. The van der Waals surface area contributed by atoms with Crippen LogP contribution in [0.25, 0.3) is 0 Å². The summed E-state index contributed by atoms with van der Waals surface area (Å²) in [6.45, 7) is 2.37. The highest BCUT2D eigenvalue weighted by atomic mass is 16.6. The summed E-state index contributed by atoms with van der Waals surface area (Å²) >= 11 is 0. The number of hydrogen-bond acceptors (Lipinski definition) is 5.